The molecule has 4 amide bonds. The molecule has 1 aromatic rings. The van der Waals surface area contributed by atoms with Crippen LogP contribution in [0.5, 0.6) is 0 Å². The van der Waals surface area contributed by atoms with Crippen molar-refractivity contribution in [2.75, 3.05) is 13.1 Å². The van der Waals surface area contributed by atoms with E-state index in [-0.39, 0.29) is 11.7 Å². The Labute approximate surface area is 150 Å². The highest BCUT2D eigenvalue weighted by atomic mass is 19.1. The maximum absolute atomic E-state index is 12.9. The van der Waals surface area contributed by atoms with Crippen molar-refractivity contribution in [2.24, 2.45) is 5.73 Å². The second-order valence-corrected chi connectivity index (χ2v) is 6.30. The predicted molar refractivity (Wildman–Crippen MR) is 91.0 cm³/mol. The van der Waals surface area contributed by atoms with Gasteiger partial charge in [0.05, 0.1) is 0 Å². The van der Waals surface area contributed by atoms with Gasteiger partial charge < -0.3 is 10.6 Å². The molecule has 0 saturated carbocycles. The average molecular weight is 363 g/mol. The van der Waals surface area contributed by atoms with Crippen molar-refractivity contribution in [3.63, 3.8) is 0 Å². The van der Waals surface area contributed by atoms with E-state index in [0.717, 1.165) is 10.5 Å². The number of nitrogens with two attached hydrogens (primary N) is 1. The summed E-state index contributed by atoms with van der Waals surface area (Å²) in [5, 5.41) is 0. The highest BCUT2D eigenvalue weighted by Crippen LogP contribution is 2.18. The third kappa shape index (κ3) is 4.87. The van der Waals surface area contributed by atoms with Crippen LogP contribution in [0.3, 0.4) is 0 Å². The quantitative estimate of drug-likeness (QED) is 0.792. The lowest BCUT2D eigenvalue weighted by molar-refractivity contribution is -0.154. The van der Waals surface area contributed by atoms with E-state index in [4.69, 9.17) is 5.73 Å². The van der Waals surface area contributed by atoms with Crippen LogP contribution in [0.1, 0.15) is 31.7 Å². The monoisotopic (exact) mass is 363 g/mol. The van der Waals surface area contributed by atoms with E-state index in [9.17, 15) is 23.6 Å². The van der Waals surface area contributed by atoms with Gasteiger partial charge in [-0.1, -0.05) is 12.1 Å². The van der Waals surface area contributed by atoms with Crippen LogP contribution in [0.2, 0.25) is 0 Å². The topological polar surface area (TPSA) is 101 Å². The number of nitrogens with zero attached hydrogens (tertiary/aromatic N) is 2. The molecule has 2 N–H and O–H groups in total. The molecule has 1 aromatic carbocycles. The smallest absolute Gasteiger partial charge is 0.318 e. The second-order valence-electron chi connectivity index (χ2n) is 6.30. The molecule has 7 nitrogen and oxygen atoms in total. The first kappa shape index (κ1) is 19.6. The number of hydrogen-bond acceptors (Lipinski definition) is 4. The van der Waals surface area contributed by atoms with Crippen LogP contribution in [0.25, 0.3) is 0 Å². The number of piperidine rings is 1. The van der Waals surface area contributed by atoms with Crippen LogP contribution >= 0.6 is 0 Å². The molecule has 1 heterocycles. The van der Waals surface area contributed by atoms with Gasteiger partial charge in [0, 0.05) is 32.5 Å². The average Bonchev–Trinajstić information content (AvgIpc) is 2.61. The van der Waals surface area contributed by atoms with Crippen molar-refractivity contribution >= 4 is 23.6 Å². The molecule has 2 rings (SSSR count). The van der Waals surface area contributed by atoms with E-state index in [1.54, 1.807) is 17.0 Å². The summed E-state index contributed by atoms with van der Waals surface area (Å²) in [6.07, 6.45) is 1.62. The largest absolute Gasteiger partial charge is 0.361 e. The van der Waals surface area contributed by atoms with Gasteiger partial charge in [0.15, 0.2) is 0 Å². The minimum atomic E-state index is -1.17. The van der Waals surface area contributed by atoms with E-state index in [2.05, 4.69) is 0 Å². The fourth-order valence-corrected chi connectivity index (χ4v) is 3.12. The van der Waals surface area contributed by atoms with Gasteiger partial charge in [0.25, 0.3) is 0 Å². The first-order chi connectivity index (χ1) is 12.3. The van der Waals surface area contributed by atoms with Crippen molar-refractivity contribution in [3.05, 3.63) is 35.6 Å². The Hall–Kier alpha value is -2.77. The van der Waals surface area contributed by atoms with Gasteiger partial charge in [0.2, 0.25) is 11.8 Å². The summed E-state index contributed by atoms with van der Waals surface area (Å²) in [6.45, 7) is 1.99. The van der Waals surface area contributed by atoms with Crippen molar-refractivity contribution in [1.82, 2.24) is 9.80 Å². The SMILES string of the molecule is CC(=O)N(C(=O)C(N)=O)C1CCN(C(=O)CCc2ccc(F)cc2)CC1. The fourth-order valence-electron chi connectivity index (χ4n) is 3.12. The third-order valence-electron chi connectivity index (χ3n) is 4.49. The van der Waals surface area contributed by atoms with Gasteiger partial charge in [0.1, 0.15) is 5.82 Å². The lowest BCUT2D eigenvalue weighted by Gasteiger charge is -2.36. The molecule has 1 aliphatic heterocycles. The zero-order chi connectivity index (χ0) is 19.3. The van der Waals surface area contributed by atoms with Crippen molar-refractivity contribution in [3.8, 4) is 0 Å². The Morgan fingerprint density at radius 1 is 1.15 bits per heavy atom. The number of carbonyl (C=O) groups excluding carboxylic acids is 4. The molecular formula is C18H22FN3O4. The number of imide groups is 1. The molecular weight excluding hydrogens is 341 g/mol. The van der Waals surface area contributed by atoms with Gasteiger partial charge in [-0.15, -0.1) is 0 Å². The third-order valence-corrected chi connectivity index (χ3v) is 4.49. The van der Waals surface area contributed by atoms with Crippen LogP contribution in [0, 0.1) is 5.82 Å². The molecule has 0 aromatic heterocycles. The molecule has 1 aliphatic rings. The molecule has 0 atom stereocenters. The summed E-state index contributed by atoms with van der Waals surface area (Å²) in [7, 11) is 0. The van der Waals surface area contributed by atoms with E-state index >= 15 is 0 Å². The molecule has 0 spiro atoms. The highest BCUT2D eigenvalue weighted by Gasteiger charge is 2.33. The summed E-state index contributed by atoms with van der Waals surface area (Å²) in [5.74, 6) is -3.07. The molecule has 1 saturated heterocycles. The number of carbonyl (C=O) groups is 4. The van der Waals surface area contributed by atoms with Gasteiger partial charge >= 0.3 is 11.8 Å². The number of primary amides is 1. The normalized spacial score (nSPS) is 14.8. The molecule has 0 radical (unpaired) electrons. The number of rotatable bonds is 4. The maximum Gasteiger partial charge on any atom is 0.318 e. The lowest BCUT2D eigenvalue weighted by Crippen LogP contribution is -2.53. The first-order valence-electron chi connectivity index (χ1n) is 8.45. The Morgan fingerprint density at radius 2 is 1.73 bits per heavy atom. The number of aryl methyl sites for hydroxylation is 1. The standard InChI is InChI=1S/C18H22FN3O4/c1-12(23)22(18(26)17(20)25)15-8-10-21(11-9-15)16(24)7-4-13-2-5-14(19)6-3-13/h2-3,5-6,15H,4,7-11H2,1H3,(H2,20,25). The minimum absolute atomic E-state index is 0.0385. The van der Waals surface area contributed by atoms with Crippen LogP contribution in [0.4, 0.5) is 4.39 Å². The summed E-state index contributed by atoms with van der Waals surface area (Å²) >= 11 is 0. The highest BCUT2D eigenvalue weighted by molar-refractivity contribution is 6.37. The first-order valence-corrected chi connectivity index (χ1v) is 8.45. The number of likely N-dealkylation sites (tertiary alicyclic amines) is 1. The van der Waals surface area contributed by atoms with E-state index in [0.29, 0.717) is 38.8 Å². The summed E-state index contributed by atoms with van der Waals surface area (Å²) in [4.78, 5) is 49.5. The molecule has 8 heteroatoms. The number of benzene rings is 1. The lowest BCUT2D eigenvalue weighted by atomic mass is 10.0. The minimum Gasteiger partial charge on any atom is -0.361 e. The Balaban J connectivity index is 1.87. The number of halogens is 1. The summed E-state index contributed by atoms with van der Waals surface area (Å²) in [5.41, 5.74) is 5.87. The van der Waals surface area contributed by atoms with Crippen LogP contribution in [-0.2, 0) is 25.6 Å². The Morgan fingerprint density at radius 3 is 2.23 bits per heavy atom. The number of amides is 4. The van der Waals surface area contributed by atoms with E-state index in [1.165, 1.54) is 19.1 Å². The fraction of sp³-hybridized carbons (Fsp3) is 0.444. The van der Waals surface area contributed by atoms with Gasteiger partial charge in [-0.05, 0) is 37.0 Å². The van der Waals surface area contributed by atoms with Crippen molar-refractivity contribution < 1.29 is 23.6 Å². The summed E-state index contributed by atoms with van der Waals surface area (Å²) in [6, 6.07) is 5.58. The van der Waals surface area contributed by atoms with Gasteiger partial charge in [-0.25, -0.2) is 4.39 Å². The Bertz CT molecular complexity index is 697. The molecule has 0 unspecified atom stereocenters. The molecule has 26 heavy (non-hydrogen) atoms. The molecule has 0 aliphatic carbocycles. The van der Waals surface area contributed by atoms with Gasteiger partial charge in [-0.2, -0.15) is 0 Å². The predicted octanol–water partition coefficient (Wildman–Crippen LogP) is 0.610. The van der Waals surface area contributed by atoms with Crippen molar-refractivity contribution in [2.45, 2.75) is 38.6 Å². The van der Waals surface area contributed by atoms with E-state index < -0.39 is 23.8 Å². The van der Waals surface area contributed by atoms with Crippen molar-refractivity contribution in [1.29, 1.82) is 0 Å². The Kier molecular flexibility index (Phi) is 6.43. The zero-order valence-electron chi connectivity index (χ0n) is 14.6. The second kappa shape index (κ2) is 8.55. The van der Waals surface area contributed by atoms with Crippen LogP contribution in [-0.4, -0.2) is 52.6 Å². The molecule has 140 valence electrons. The van der Waals surface area contributed by atoms with Crippen LogP contribution < -0.4 is 5.73 Å². The van der Waals surface area contributed by atoms with Crippen LogP contribution in [0.15, 0.2) is 24.3 Å². The molecule has 1 fully saturated rings. The van der Waals surface area contributed by atoms with Gasteiger partial charge in [-0.3, -0.25) is 24.1 Å². The zero-order valence-corrected chi connectivity index (χ0v) is 14.6. The molecule has 0 bridgehead atoms. The number of hydrogen-bond donors (Lipinski definition) is 1. The maximum atomic E-state index is 12.9. The van der Waals surface area contributed by atoms with E-state index in [1.807, 2.05) is 0 Å². The summed E-state index contributed by atoms with van der Waals surface area (Å²) < 4.78 is 12.9.